The van der Waals surface area contributed by atoms with Gasteiger partial charge < -0.3 is 9.57 Å². The van der Waals surface area contributed by atoms with Gasteiger partial charge in [0.25, 0.3) is 11.8 Å². The van der Waals surface area contributed by atoms with Crippen LogP contribution in [0.4, 0.5) is 0 Å². The summed E-state index contributed by atoms with van der Waals surface area (Å²) >= 11 is 0. The van der Waals surface area contributed by atoms with Gasteiger partial charge in [0.2, 0.25) is 0 Å². The van der Waals surface area contributed by atoms with Crippen molar-refractivity contribution in [3.05, 3.63) is 64.7 Å². The minimum atomic E-state index is -0.709. The highest BCUT2D eigenvalue weighted by molar-refractivity contribution is 6.20. The van der Waals surface area contributed by atoms with Gasteiger partial charge in [-0.1, -0.05) is 29.3 Å². The smallest absolute Gasteiger partial charge is 0.336 e. The first-order valence-corrected chi connectivity index (χ1v) is 7.86. The number of ether oxygens (including phenoxy) is 1. The average molecular weight is 339 g/mol. The van der Waals surface area contributed by atoms with Crippen molar-refractivity contribution >= 4 is 17.8 Å². The molecule has 0 saturated heterocycles. The van der Waals surface area contributed by atoms with Gasteiger partial charge in [-0.3, -0.25) is 9.59 Å². The first-order valence-electron chi connectivity index (χ1n) is 7.86. The number of amides is 2. The molecule has 0 radical (unpaired) electrons. The number of fused-ring (bicyclic) bond motifs is 1. The third-order valence-electron chi connectivity index (χ3n) is 4.07. The summed E-state index contributed by atoms with van der Waals surface area (Å²) in [6, 6.07) is 12.0. The van der Waals surface area contributed by atoms with Crippen molar-refractivity contribution in [1.29, 1.82) is 0 Å². The topological polar surface area (TPSA) is 72.9 Å². The molecule has 3 rings (SSSR count). The van der Waals surface area contributed by atoms with E-state index < -0.39 is 17.8 Å². The van der Waals surface area contributed by atoms with E-state index in [9.17, 15) is 14.4 Å². The van der Waals surface area contributed by atoms with Crippen LogP contribution in [0.1, 0.15) is 38.3 Å². The molecular formula is C19H17NO5. The molecule has 0 bridgehead atoms. The molecule has 0 aromatic heterocycles. The van der Waals surface area contributed by atoms with Crippen LogP contribution in [0.5, 0.6) is 5.75 Å². The first-order chi connectivity index (χ1) is 12.0. The van der Waals surface area contributed by atoms with Crippen molar-refractivity contribution in [3.8, 4) is 5.75 Å². The van der Waals surface area contributed by atoms with Gasteiger partial charge >= 0.3 is 5.97 Å². The van der Waals surface area contributed by atoms with E-state index in [-0.39, 0.29) is 24.2 Å². The number of nitrogens with zero attached hydrogens (tertiary/aromatic N) is 1. The zero-order chi connectivity index (χ0) is 18.0. The van der Waals surface area contributed by atoms with E-state index in [1.165, 1.54) is 12.1 Å². The average Bonchev–Trinajstić information content (AvgIpc) is 2.84. The molecule has 0 N–H and O–H groups in total. The molecular weight excluding hydrogens is 322 g/mol. The standard InChI is InChI=1S/C19H17NO5/c1-12-6-5-9-16(13(12)2)24-11-10-17(21)25-20-18(22)14-7-3-4-8-15(14)19(20)23/h3-9H,10-11H2,1-2H3. The Kier molecular flexibility index (Phi) is 4.52. The fraction of sp³-hybridized carbons (Fsp3) is 0.211. The van der Waals surface area contributed by atoms with E-state index in [1.54, 1.807) is 12.1 Å². The molecule has 6 heteroatoms. The minimum absolute atomic E-state index is 0.0826. The molecule has 1 heterocycles. The Morgan fingerprint density at radius 2 is 1.60 bits per heavy atom. The number of hydrogen-bond acceptors (Lipinski definition) is 5. The van der Waals surface area contributed by atoms with Crippen LogP contribution in [-0.2, 0) is 9.63 Å². The van der Waals surface area contributed by atoms with Crippen LogP contribution in [0.15, 0.2) is 42.5 Å². The Morgan fingerprint density at radius 1 is 0.960 bits per heavy atom. The van der Waals surface area contributed by atoms with Crippen molar-refractivity contribution in [2.45, 2.75) is 20.3 Å². The Hall–Kier alpha value is -3.15. The van der Waals surface area contributed by atoms with Crippen LogP contribution in [-0.4, -0.2) is 29.5 Å². The van der Waals surface area contributed by atoms with Gasteiger partial charge in [-0.2, -0.15) is 0 Å². The molecule has 2 aromatic carbocycles. The lowest BCUT2D eigenvalue weighted by molar-refractivity contribution is -0.169. The SMILES string of the molecule is Cc1cccc(OCCC(=O)ON2C(=O)c3ccccc3C2=O)c1C. The van der Waals surface area contributed by atoms with Crippen LogP contribution < -0.4 is 4.74 Å². The third-order valence-corrected chi connectivity index (χ3v) is 4.07. The summed E-state index contributed by atoms with van der Waals surface area (Å²) in [5.41, 5.74) is 2.54. The zero-order valence-corrected chi connectivity index (χ0v) is 13.9. The van der Waals surface area contributed by atoms with Gasteiger partial charge in [-0.15, -0.1) is 0 Å². The molecule has 25 heavy (non-hydrogen) atoms. The van der Waals surface area contributed by atoms with E-state index in [2.05, 4.69) is 0 Å². The number of carbonyl (C=O) groups excluding carboxylic acids is 3. The van der Waals surface area contributed by atoms with E-state index >= 15 is 0 Å². The highest BCUT2D eigenvalue weighted by Crippen LogP contribution is 2.23. The molecule has 128 valence electrons. The largest absolute Gasteiger partial charge is 0.493 e. The lowest BCUT2D eigenvalue weighted by atomic mass is 10.1. The first kappa shape index (κ1) is 16.7. The summed E-state index contributed by atoms with van der Waals surface area (Å²) < 4.78 is 5.58. The second kappa shape index (κ2) is 6.76. The van der Waals surface area contributed by atoms with Gasteiger partial charge in [0.1, 0.15) is 5.75 Å². The normalized spacial score (nSPS) is 13.0. The highest BCUT2D eigenvalue weighted by Gasteiger charge is 2.38. The van der Waals surface area contributed by atoms with Crippen LogP contribution >= 0.6 is 0 Å². The number of benzene rings is 2. The van der Waals surface area contributed by atoms with Crippen LogP contribution in [0.2, 0.25) is 0 Å². The van der Waals surface area contributed by atoms with Crippen LogP contribution in [0, 0.1) is 13.8 Å². The maximum atomic E-state index is 12.1. The van der Waals surface area contributed by atoms with Crippen molar-refractivity contribution in [3.63, 3.8) is 0 Å². The van der Waals surface area contributed by atoms with Gasteiger partial charge in [0, 0.05) is 0 Å². The Bertz CT molecular complexity index is 824. The molecule has 0 aliphatic carbocycles. The third kappa shape index (κ3) is 3.24. The summed E-state index contributed by atoms with van der Waals surface area (Å²) in [4.78, 5) is 41.1. The predicted molar refractivity (Wildman–Crippen MR) is 89.1 cm³/mol. The van der Waals surface area contributed by atoms with Gasteiger partial charge in [-0.25, -0.2) is 4.79 Å². The Morgan fingerprint density at radius 3 is 2.24 bits per heavy atom. The molecule has 2 amide bonds. The van der Waals surface area contributed by atoms with E-state index in [0.29, 0.717) is 10.8 Å². The van der Waals surface area contributed by atoms with Crippen molar-refractivity contribution in [1.82, 2.24) is 5.06 Å². The number of carbonyl (C=O) groups is 3. The number of hydrogen-bond donors (Lipinski definition) is 0. The lowest BCUT2D eigenvalue weighted by Gasteiger charge is -2.13. The Balaban J connectivity index is 1.56. The molecule has 0 atom stereocenters. The number of rotatable bonds is 5. The fourth-order valence-corrected chi connectivity index (χ4v) is 2.52. The molecule has 0 saturated carbocycles. The second-order valence-corrected chi connectivity index (χ2v) is 5.71. The Labute approximate surface area is 144 Å². The molecule has 2 aromatic rings. The monoisotopic (exact) mass is 339 g/mol. The number of hydroxylamine groups is 2. The van der Waals surface area contributed by atoms with Crippen molar-refractivity contribution < 1.29 is 24.0 Å². The van der Waals surface area contributed by atoms with Crippen LogP contribution in [0.25, 0.3) is 0 Å². The zero-order valence-electron chi connectivity index (χ0n) is 13.9. The molecule has 0 fully saturated rings. The van der Waals surface area contributed by atoms with Crippen molar-refractivity contribution in [2.75, 3.05) is 6.61 Å². The summed E-state index contributed by atoms with van der Waals surface area (Å²) in [5, 5.41) is 0.505. The minimum Gasteiger partial charge on any atom is -0.493 e. The van der Waals surface area contributed by atoms with Gasteiger partial charge in [0.15, 0.2) is 0 Å². The molecule has 1 aliphatic heterocycles. The van der Waals surface area contributed by atoms with Gasteiger partial charge in [0.05, 0.1) is 24.2 Å². The molecule has 0 spiro atoms. The number of imide groups is 1. The highest BCUT2D eigenvalue weighted by atomic mass is 16.7. The van der Waals surface area contributed by atoms with E-state index in [0.717, 1.165) is 11.1 Å². The van der Waals surface area contributed by atoms with Crippen molar-refractivity contribution in [2.24, 2.45) is 0 Å². The molecule has 1 aliphatic rings. The number of aryl methyl sites for hydroxylation is 1. The summed E-state index contributed by atoms with van der Waals surface area (Å²) in [7, 11) is 0. The quantitative estimate of drug-likeness (QED) is 0.783. The maximum absolute atomic E-state index is 12.1. The predicted octanol–water partition coefficient (Wildman–Crippen LogP) is 2.83. The van der Waals surface area contributed by atoms with E-state index in [4.69, 9.17) is 9.57 Å². The summed E-state index contributed by atoms with van der Waals surface area (Å²) in [6.45, 7) is 3.99. The fourth-order valence-electron chi connectivity index (χ4n) is 2.52. The summed E-state index contributed by atoms with van der Waals surface area (Å²) in [6.07, 6.45) is -0.0826. The molecule has 6 nitrogen and oxygen atoms in total. The van der Waals surface area contributed by atoms with Crippen LogP contribution in [0.3, 0.4) is 0 Å². The maximum Gasteiger partial charge on any atom is 0.336 e. The molecule has 0 unspecified atom stereocenters. The van der Waals surface area contributed by atoms with E-state index in [1.807, 2.05) is 32.0 Å². The second-order valence-electron chi connectivity index (χ2n) is 5.71. The summed E-state index contributed by atoms with van der Waals surface area (Å²) in [5.74, 6) is -1.29. The van der Waals surface area contributed by atoms with Gasteiger partial charge in [-0.05, 0) is 43.2 Å². The lowest BCUT2D eigenvalue weighted by Crippen LogP contribution is -2.33.